The largest absolute Gasteiger partial charge is 0.298 e. The van der Waals surface area contributed by atoms with Gasteiger partial charge in [0.25, 0.3) is 0 Å². The lowest BCUT2D eigenvalue weighted by Gasteiger charge is -2.04. The lowest BCUT2D eigenvalue weighted by Crippen LogP contribution is -1.91. The van der Waals surface area contributed by atoms with Gasteiger partial charge in [0.2, 0.25) is 0 Å². The number of aldehydes is 2. The van der Waals surface area contributed by atoms with E-state index in [1.165, 1.54) is 0 Å². The zero-order chi connectivity index (χ0) is 11.4. The van der Waals surface area contributed by atoms with Crippen molar-refractivity contribution in [3.05, 3.63) is 53.9 Å². The molecule has 2 rings (SSSR count). The average molecular weight is 211 g/mol. The molecular weight excluding hydrogens is 202 g/mol. The number of aromatic nitrogens is 1. The van der Waals surface area contributed by atoms with Crippen molar-refractivity contribution in [2.45, 2.75) is 0 Å². The summed E-state index contributed by atoms with van der Waals surface area (Å²) in [6, 6.07) is 10.6. The molecule has 1 aromatic carbocycles. The highest BCUT2D eigenvalue weighted by Gasteiger charge is 2.05. The summed E-state index contributed by atoms with van der Waals surface area (Å²) >= 11 is 0. The van der Waals surface area contributed by atoms with Crippen LogP contribution in [0.2, 0.25) is 0 Å². The van der Waals surface area contributed by atoms with Crippen molar-refractivity contribution in [3.63, 3.8) is 0 Å². The van der Waals surface area contributed by atoms with Crippen LogP contribution in [-0.2, 0) is 0 Å². The number of carbonyl (C=O) groups is 2. The van der Waals surface area contributed by atoms with Crippen molar-refractivity contribution in [2.24, 2.45) is 0 Å². The number of nitrogens with zero attached hydrogens (tertiary/aromatic N) is 1. The second-order valence-corrected chi connectivity index (χ2v) is 3.30. The van der Waals surface area contributed by atoms with Crippen LogP contribution < -0.4 is 0 Å². The van der Waals surface area contributed by atoms with Crippen molar-refractivity contribution in [2.75, 3.05) is 0 Å². The normalized spacial score (nSPS) is 9.75. The van der Waals surface area contributed by atoms with E-state index in [2.05, 4.69) is 4.98 Å². The van der Waals surface area contributed by atoms with Gasteiger partial charge in [-0.05, 0) is 17.7 Å². The highest BCUT2D eigenvalue weighted by Crippen LogP contribution is 2.21. The molecule has 2 aromatic rings. The Kier molecular flexibility index (Phi) is 2.87. The maximum atomic E-state index is 10.8. The van der Waals surface area contributed by atoms with Crippen LogP contribution in [0.15, 0.2) is 42.6 Å². The topological polar surface area (TPSA) is 47.0 Å². The van der Waals surface area contributed by atoms with Gasteiger partial charge in [-0.3, -0.25) is 14.6 Å². The van der Waals surface area contributed by atoms with E-state index in [1.807, 2.05) is 6.07 Å². The number of benzene rings is 1. The SMILES string of the molecule is O=Cc1cccc(-c2cccnc2C=O)c1. The average Bonchev–Trinajstić information content (AvgIpc) is 2.38. The van der Waals surface area contributed by atoms with Crippen LogP contribution in [-0.4, -0.2) is 17.6 Å². The van der Waals surface area contributed by atoms with Crippen molar-refractivity contribution in [3.8, 4) is 11.1 Å². The van der Waals surface area contributed by atoms with Gasteiger partial charge in [0, 0.05) is 17.3 Å². The molecule has 0 unspecified atom stereocenters. The van der Waals surface area contributed by atoms with E-state index < -0.39 is 0 Å². The molecule has 16 heavy (non-hydrogen) atoms. The number of carbonyl (C=O) groups excluding carboxylic acids is 2. The fourth-order valence-corrected chi connectivity index (χ4v) is 1.54. The minimum atomic E-state index is 0.380. The van der Waals surface area contributed by atoms with Crippen molar-refractivity contribution < 1.29 is 9.59 Å². The van der Waals surface area contributed by atoms with Crippen molar-refractivity contribution in [1.82, 2.24) is 4.98 Å². The monoisotopic (exact) mass is 211 g/mol. The fraction of sp³-hybridized carbons (Fsp3) is 0. The number of hydrogen-bond acceptors (Lipinski definition) is 3. The van der Waals surface area contributed by atoms with Crippen LogP contribution in [0.4, 0.5) is 0 Å². The zero-order valence-corrected chi connectivity index (χ0v) is 8.46. The molecule has 1 heterocycles. The predicted molar refractivity (Wildman–Crippen MR) is 60.4 cm³/mol. The Hall–Kier alpha value is -2.29. The van der Waals surface area contributed by atoms with Crippen LogP contribution in [0, 0.1) is 0 Å². The quantitative estimate of drug-likeness (QED) is 0.732. The lowest BCUT2D eigenvalue weighted by molar-refractivity contribution is 0.111. The predicted octanol–water partition coefficient (Wildman–Crippen LogP) is 2.37. The Morgan fingerprint density at radius 1 is 1.00 bits per heavy atom. The van der Waals surface area contributed by atoms with Crippen LogP contribution in [0.1, 0.15) is 20.8 Å². The molecule has 0 spiro atoms. The fourth-order valence-electron chi connectivity index (χ4n) is 1.54. The highest BCUT2D eigenvalue weighted by atomic mass is 16.1. The second kappa shape index (κ2) is 4.49. The summed E-state index contributed by atoms with van der Waals surface area (Å²) in [5, 5.41) is 0. The van der Waals surface area contributed by atoms with E-state index in [-0.39, 0.29) is 0 Å². The Morgan fingerprint density at radius 3 is 2.62 bits per heavy atom. The zero-order valence-electron chi connectivity index (χ0n) is 8.46. The van der Waals surface area contributed by atoms with Crippen LogP contribution in [0.25, 0.3) is 11.1 Å². The van der Waals surface area contributed by atoms with Crippen molar-refractivity contribution >= 4 is 12.6 Å². The van der Waals surface area contributed by atoms with Crippen LogP contribution >= 0.6 is 0 Å². The molecule has 0 saturated heterocycles. The Labute approximate surface area is 92.8 Å². The third-order valence-corrected chi connectivity index (χ3v) is 2.28. The van der Waals surface area contributed by atoms with E-state index in [0.717, 1.165) is 17.4 Å². The molecular formula is C13H9NO2. The van der Waals surface area contributed by atoms with Crippen LogP contribution in [0.5, 0.6) is 0 Å². The van der Waals surface area contributed by atoms with Gasteiger partial charge in [-0.25, -0.2) is 0 Å². The first-order valence-electron chi connectivity index (χ1n) is 4.81. The summed E-state index contributed by atoms with van der Waals surface area (Å²) in [6.45, 7) is 0. The number of rotatable bonds is 3. The molecule has 1 aromatic heterocycles. The summed E-state index contributed by atoms with van der Waals surface area (Å²) in [6.07, 6.45) is 3.06. The molecule has 3 nitrogen and oxygen atoms in total. The summed E-state index contributed by atoms with van der Waals surface area (Å²) in [4.78, 5) is 25.5. The minimum absolute atomic E-state index is 0.380. The molecule has 0 amide bonds. The molecule has 0 saturated carbocycles. The molecule has 0 aliphatic rings. The molecule has 78 valence electrons. The summed E-state index contributed by atoms with van der Waals surface area (Å²) in [5.41, 5.74) is 2.52. The molecule has 0 fully saturated rings. The van der Waals surface area contributed by atoms with E-state index in [9.17, 15) is 9.59 Å². The summed E-state index contributed by atoms with van der Waals surface area (Å²) in [5.74, 6) is 0. The summed E-state index contributed by atoms with van der Waals surface area (Å²) < 4.78 is 0. The molecule has 0 N–H and O–H groups in total. The first-order valence-corrected chi connectivity index (χ1v) is 4.81. The Balaban J connectivity index is 2.57. The standard InChI is InChI=1S/C13H9NO2/c15-8-10-3-1-4-11(7-10)12-5-2-6-14-13(12)9-16/h1-9H. The third kappa shape index (κ3) is 1.88. The smallest absolute Gasteiger partial charge is 0.169 e. The van der Waals surface area contributed by atoms with Gasteiger partial charge in [-0.15, -0.1) is 0 Å². The first kappa shape index (κ1) is 10.2. The van der Waals surface area contributed by atoms with Crippen molar-refractivity contribution in [1.29, 1.82) is 0 Å². The molecule has 0 radical (unpaired) electrons. The maximum absolute atomic E-state index is 10.8. The molecule has 0 aliphatic heterocycles. The summed E-state index contributed by atoms with van der Waals surface area (Å²) in [7, 11) is 0. The van der Waals surface area contributed by atoms with Gasteiger partial charge < -0.3 is 0 Å². The van der Waals surface area contributed by atoms with Gasteiger partial charge in [0.1, 0.15) is 12.0 Å². The highest BCUT2D eigenvalue weighted by molar-refractivity contribution is 5.87. The van der Waals surface area contributed by atoms with Gasteiger partial charge in [-0.1, -0.05) is 24.3 Å². The Bertz CT molecular complexity index is 535. The first-order chi connectivity index (χ1) is 7.85. The van der Waals surface area contributed by atoms with Gasteiger partial charge >= 0.3 is 0 Å². The maximum Gasteiger partial charge on any atom is 0.169 e. The van der Waals surface area contributed by atoms with Gasteiger partial charge in [0.05, 0.1) is 0 Å². The Morgan fingerprint density at radius 2 is 1.88 bits per heavy atom. The van der Waals surface area contributed by atoms with E-state index in [1.54, 1.807) is 36.5 Å². The van der Waals surface area contributed by atoms with Gasteiger partial charge in [0.15, 0.2) is 6.29 Å². The molecule has 3 heteroatoms. The number of pyridine rings is 1. The lowest BCUT2D eigenvalue weighted by atomic mass is 10.0. The molecule has 0 bridgehead atoms. The second-order valence-electron chi connectivity index (χ2n) is 3.30. The van der Waals surface area contributed by atoms with Gasteiger partial charge in [-0.2, -0.15) is 0 Å². The van der Waals surface area contributed by atoms with E-state index in [0.29, 0.717) is 17.5 Å². The molecule has 0 aliphatic carbocycles. The third-order valence-electron chi connectivity index (χ3n) is 2.28. The van der Waals surface area contributed by atoms with E-state index >= 15 is 0 Å². The number of hydrogen-bond donors (Lipinski definition) is 0. The molecule has 0 atom stereocenters. The van der Waals surface area contributed by atoms with Crippen LogP contribution in [0.3, 0.4) is 0 Å². The minimum Gasteiger partial charge on any atom is -0.298 e. The van der Waals surface area contributed by atoms with E-state index in [4.69, 9.17) is 0 Å².